The Morgan fingerprint density at radius 2 is 1.76 bits per heavy atom. The highest BCUT2D eigenvalue weighted by molar-refractivity contribution is 6.34. The van der Waals surface area contributed by atoms with Gasteiger partial charge in [-0.25, -0.2) is 9.78 Å². The van der Waals surface area contributed by atoms with Gasteiger partial charge in [-0.05, 0) is 35.2 Å². The predicted octanol–water partition coefficient (Wildman–Crippen LogP) is 3.90. The molecule has 2 aromatic carbocycles. The molecule has 0 atom stereocenters. The predicted molar refractivity (Wildman–Crippen MR) is 134 cm³/mol. The molecule has 0 unspecified atom stereocenters. The number of nitrogens with one attached hydrogen (secondary N) is 1. The smallest absolute Gasteiger partial charge is 0.340 e. The molecule has 0 radical (unpaired) electrons. The monoisotopic (exact) mass is 496 g/mol. The molecule has 0 aliphatic heterocycles. The lowest BCUT2D eigenvalue weighted by Crippen LogP contribution is -2.27. The van der Waals surface area contributed by atoms with Gasteiger partial charge in [0.05, 0.1) is 0 Å². The van der Waals surface area contributed by atoms with Crippen LogP contribution in [0.3, 0.4) is 0 Å². The lowest BCUT2D eigenvalue weighted by molar-refractivity contribution is -0.132. The number of carbonyl (C=O) groups excluding carboxylic acids is 2. The Kier molecular flexibility index (Phi) is 6.31. The van der Waals surface area contributed by atoms with Crippen LogP contribution < -0.4 is 0 Å². The Morgan fingerprint density at radius 1 is 1.03 bits per heavy atom. The summed E-state index contributed by atoms with van der Waals surface area (Å²) < 4.78 is 1.70. The van der Waals surface area contributed by atoms with E-state index >= 15 is 0 Å². The molecule has 10 nitrogen and oxygen atoms in total. The van der Waals surface area contributed by atoms with Crippen molar-refractivity contribution in [3.05, 3.63) is 82.5 Å². The van der Waals surface area contributed by atoms with E-state index in [-0.39, 0.29) is 23.5 Å². The van der Waals surface area contributed by atoms with Crippen LogP contribution in [0.1, 0.15) is 59.1 Å². The number of aryl methyl sites for hydroxylation is 1. The Labute approximate surface area is 212 Å². The number of hydrogen-bond acceptors (Lipinski definition) is 7. The molecule has 0 saturated carbocycles. The van der Waals surface area contributed by atoms with E-state index in [1.165, 1.54) is 6.92 Å². The number of aromatic nitrogens is 6. The largest absolute Gasteiger partial charge is 0.478 e. The summed E-state index contributed by atoms with van der Waals surface area (Å²) in [7, 11) is 0. The van der Waals surface area contributed by atoms with Gasteiger partial charge < -0.3 is 9.67 Å². The number of aliphatic carboxylic acids is 1. The number of H-pyrrole nitrogens is 1. The number of ketones is 2. The van der Waals surface area contributed by atoms with Crippen LogP contribution >= 0.6 is 0 Å². The number of allylic oxidation sites excluding steroid dienone is 1. The normalized spacial score (nSPS) is 13.2. The van der Waals surface area contributed by atoms with Crippen molar-refractivity contribution in [3.8, 4) is 22.5 Å². The van der Waals surface area contributed by atoms with Gasteiger partial charge in [-0.1, -0.05) is 61.9 Å². The standard InChI is InChI=1S/C27H24N6O4/c1-3-4-9-20-28-22-23(25(35)21(27(36)37)15(2)24(22)34)33(20)14-16-10-12-17(13-11-16)18-7-5-6-8-19(18)26-29-31-32-30-26/h5-8,10-13H,3-4,9,14H2,1-2H3,(H,36,37)(H,29,30,31,32). The van der Waals surface area contributed by atoms with Crippen molar-refractivity contribution in [2.45, 2.75) is 39.7 Å². The van der Waals surface area contributed by atoms with Crippen LogP contribution in [-0.4, -0.2) is 52.8 Å². The quantitative estimate of drug-likeness (QED) is 0.350. The number of benzene rings is 2. The third-order valence-electron chi connectivity index (χ3n) is 6.51. The maximum absolute atomic E-state index is 13.2. The van der Waals surface area contributed by atoms with E-state index < -0.39 is 23.1 Å². The Morgan fingerprint density at radius 3 is 2.41 bits per heavy atom. The number of aromatic amines is 1. The zero-order chi connectivity index (χ0) is 26.1. The van der Waals surface area contributed by atoms with Gasteiger partial charge in [0.2, 0.25) is 17.4 Å². The fourth-order valence-electron chi connectivity index (χ4n) is 4.60. The number of hydrogen-bond donors (Lipinski definition) is 2. The fraction of sp³-hybridized carbons (Fsp3) is 0.222. The summed E-state index contributed by atoms with van der Waals surface area (Å²) in [5, 5.41) is 23.9. The fourth-order valence-corrected chi connectivity index (χ4v) is 4.60. The van der Waals surface area contributed by atoms with Gasteiger partial charge in [-0.2, -0.15) is 5.21 Å². The van der Waals surface area contributed by atoms with E-state index in [0.29, 0.717) is 18.1 Å². The minimum absolute atomic E-state index is 0.0317. The molecule has 0 amide bonds. The van der Waals surface area contributed by atoms with Gasteiger partial charge in [-0.15, -0.1) is 10.2 Å². The van der Waals surface area contributed by atoms with Crippen molar-refractivity contribution >= 4 is 17.5 Å². The average Bonchev–Trinajstić information content (AvgIpc) is 3.55. The van der Waals surface area contributed by atoms with Gasteiger partial charge in [0.15, 0.2) is 0 Å². The maximum Gasteiger partial charge on any atom is 0.340 e. The number of nitrogens with zero attached hydrogens (tertiary/aromatic N) is 5. The number of unbranched alkanes of at least 4 members (excludes halogenated alkanes) is 1. The number of Topliss-reactive ketones (excluding diaryl/α,β-unsaturated/α-hetero) is 2. The molecular formula is C27H24N6O4. The van der Waals surface area contributed by atoms with E-state index in [1.54, 1.807) is 4.57 Å². The number of carboxylic acids is 1. The number of fused-ring (bicyclic) bond motifs is 1. The van der Waals surface area contributed by atoms with Crippen LogP contribution in [0.5, 0.6) is 0 Å². The maximum atomic E-state index is 13.2. The minimum Gasteiger partial charge on any atom is -0.478 e. The number of tetrazole rings is 1. The van der Waals surface area contributed by atoms with Crippen LogP contribution in [0.2, 0.25) is 0 Å². The molecule has 0 bridgehead atoms. The molecule has 2 heterocycles. The van der Waals surface area contributed by atoms with E-state index in [0.717, 1.165) is 35.1 Å². The summed E-state index contributed by atoms with van der Waals surface area (Å²) in [6, 6.07) is 15.5. The lowest BCUT2D eigenvalue weighted by atomic mass is 9.91. The second-order valence-electron chi connectivity index (χ2n) is 8.86. The van der Waals surface area contributed by atoms with Gasteiger partial charge in [0.1, 0.15) is 22.8 Å². The molecule has 4 aromatic rings. The Balaban J connectivity index is 1.52. The number of rotatable bonds is 8. The van der Waals surface area contributed by atoms with Crippen molar-refractivity contribution in [2.75, 3.05) is 0 Å². The van der Waals surface area contributed by atoms with Crippen LogP contribution in [0.4, 0.5) is 0 Å². The van der Waals surface area contributed by atoms with Crippen molar-refractivity contribution in [3.63, 3.8) is 0 Å². The first-order valence-electron chi connectivity index (χ1n) is 12.0. The van der Waals surface area contributed by atoms with Crippen LogP contribution in [0.15, 0.2) is 59.7 Å². The van der Waals surface area contributed by atoms with Gasteiger partial charge in [-0.3, -0.25) is 9.59 Å². The minimum atomic E-state index is -1.41. The third kappa shape index (κ3) is 4.26. The van der Waals surface area contributed by atoms with E-state index in [2.05, 4.69) is 25.6 Å². The first-order chi connectivity index (χ1) is 17.9. The van der Waals surface area contributed by atoms with Gasteiger partial charge in [0.25, 0.3) is 0 Å². The molecule has 1 aliphatic rings. The molecule has 2 N–H and O–H groups in total. The summed E-state index contributed by atoms with van der Waals surface area (Å²) in [5.74, 6) is -1.52. The molecule has 37 heavy (non-hydrogen) atoms. The van der Waals surface area contributed by atoms with Crippen LogP contribution in [-0.2, 0) is 17.8 Å². The molecule has 5 rings (SSSR count). The molecular weight excluding hydrogens is 472 g/mol. The molecule has 0 saturated heterocycles. The SMILES string of the molecule is CCCCc1nc2c(n1Cc1ccc(-c3ccccc3-c3nn[nH]n3)cc1)C(=O)C(C(=O)O)=C(C)C2=O. The van der Waals surface area contributed by atoms with Crippen molar-refractivity contribution < 1.29 is 19.5 Å². The zero-order valence-corrected chi connectivity index (χ0v) is 20.4. The first-order valence-corrected chi connectivity index (χ1v) is 12.0. The van der Waals surface area contributed by atoms with Gasteiger partial charge in [0, 0.05) is 24.1 Å². The zero-order valence-electron chi connectivity index (χ0n) is 20.4. The van der Waals surface area contributed by atoms with E-state index in [9.17, 15) is 19.5 Å². The Hall–Kier alpha value is -4.73. The summed E-state index contributed by atoms with van der Waals surface area (Å²) in [6.07, 6.45) is 2.30. The summed E-state index contributed by atoms with van der Waals surface area (Å²) in [6.45, 7) is 3.69. The first kappa shape index (κ1) is 24.0. The topological polar surface area (TPSA) is 144 Å². The second-order valence-corrected chi connectivity index (χ2v) is 8.86. The summed E-state index contributed by atoms with van der Waals surface area (Å²) in [5.41, 5.74) is 3.10. The highest BCUT2D eigenvalue weighted by Gasteiger charge is 2.38. The second kappa shape index (κ2) is 9.73. The number of carboxylic acid groups (broad SMARTS) is 1. The Bertz CT molecular complexity index is 1550. The molecule has 2 aromatic heterocycles. The summed E-state index contributed by atoms with van der Waals surface area (Å²) in [4.78, 5) is 42.5. The molecule has 1 aliphatic carbocycles. The molecule has 0 spiro atoms. The average molecular weight is 497 g/mol. The van der Waals surface area contributed by atoms with Crippen LogP contribution in [0.25, 0.3) is 22.5 Å². The highest BCUT2D eigenvalue weighted by atomic mass is 16.4. The van der Waals surface area contributed by atoms with E-state index in [1.807, 2.05) is 55.5 Å². The lowest BCUT2D eigenvalue weighted by Gasteiger charge is -2.16. The van der Waals surface area contributed by atoms with Crippen molar-refractivity contribution in [2.24, 2.45) is 0 Å². The van der Waals surface area contributed by atoms with Crippen molar-refractivity contribution in [1.82, 2.24) is 30.2 Å². The molecule has 0 fully saturated rings. The number of carbonyl (C=O) groups is 3. The summed E-state index contributed by atoms with van der Waals surface area (Å²) >= 11 is 0. The third-order valence-corrected chi connectivity index (χ3v) is 6.51. The highest BCUT2D eigenvalue weighted by Crippen LogP contribution is 2.31. The molecule has 186 valence electrons. The van der Waals surface area contributed by atoms with Gasteiger partial charge >= 0.3 is 5.97 Å². The van der Waals surface area contributed by atoms with Crippen LogP contribution in [0, 0.1) is 0 Å². The van der Waals surface area contributed by atoms with E-state index in [4.69, 9.17) is 0 Å². The molecule has 10 heteroatoms. The van der Waals surface area contributed by atoms with Crippen molar-refractivity contribution in [1.29, 1.82) is 0 Å². The number of imidazole rings is 1.